The Morgan fingerprint density at radius 3 is 2.44 bits per heavy atom. The van der Waals surface area contributed by atoms with Gasteiger partial charge in [-0.3, -0.25) is 0 Å². The smallest absolute Gasteiger partial charge is 0.122 e. The highest BCUT2D eigenvalue weighted by Crippen LogP contribution is 2.17. The Kier molecular flexibility index (Phi) is 4.79. The van der Waals surface area contributed by atoms with Gasteiger partial charge < -0.3 is 10.1 Å². The Labute approximate surface area is 109 Å². The maximum absolute atomic E-state index is 5.33. The van der Waals surface area contributed by atoms with Gasteiger partial charge in [0.2, 0.25) is 0 Å². The molecule has 0 amide bonds. The highest BCUT2D eigenvalue weighted by atomic mass is 16.5. The van der Waals surface area contributed by atoms with Crippen molar-refractivity contribution in [1.82, 2.24) is 5.32 Å². The van der Waals surface area contributed by atoms with Gasteiger partial charge in [-0.2, -0.15) is 0 Å². The molecule has 0 saturated carbocycles. The predicted octanol–water partition coefficient (Wildman–Crippen LogP) is 3.03. The highest BCUT2D eigenvalue weighted by Gasteiger charge is 2.00. The van der Waals surface area contributed by atoms with Crippen molar-refractivity contribution in [3.63, 3.8) is 0 Å². The van der Waals surface area contributed by atoms with Crippen LogP contribution in [0, 0.1) is 0 Å². The predicted molar refractivity (Wildman–Crippen MR) is 74.8 cm³/mol. The van der Waals surface area contributed by atoms with Crippen LogP contribution < -0.4 is 10.1 Å². The Balaban J connectivity index is 1.78. The van der Waals surface area contributed by atoms with Crippen LogP contribution in [0.15, 0.2) is 54.6 Å². The SMILES string of the molecule is COc1ccccc1CCNCc1ccccc1. The van der Waals surface area contributed by atoms with Crippen molar-refractivity contribution in [2.75, 3.05) is 13.7 Å². The van der Waals surface area contributed by atoms with E-state index in [0.717, 1.165) is 25.3 Å². The molecular weight excluding hydrogens is 222 g/mol. The molecule has 0 radical (unpaired) electrons. The van der Waals surface area contributed by atoms with Gasteiger partial charge in [-0.15, -0.1) is 0 Å². The first kappa shape index (κ1) is 12.7. The number of para-hydroxylation sites is 1. The molecule has 2 aromatic carbocycles. The average Bonchev–Trinajstić information content (AvgIpc) is 2.45. The standard InChI is InChI=1S/C16H19NO/c1-18-16-10-6-5-9-15(16)11-12-17-13-14-7-3-2-4-8-14/h2-10,17H,11-13H2,1H3. The minimum atomic E-state index is 0.913. The van der Waals surface area contributed by atoms with E-state index >= 15 is 0 Å². The lowest BCUT2D eigenvalue weighted by Crippen LogP contribution is -2.16. The summed E-state index contributed by atoms with van der Waals surface area (Å²) in [6.07, 6.45) is 0.983. The summed E-state index contributed by atoms with van der Waals surface area (Å²) in [5, 5.41) is 3.45. The number of hydrogen-bond acceptors (Lipinski definition) is 2. The third-order valence-corrected chi connectivity index (χ3v) is 2.94. The maximum atomic E-state index is 5.33. The van der Waals surface area contributed by atoms with Gasteiger partial charge in [-0.05, 0) is 30.2 Å². The first-order valence-corrected chi connectivity index (χ1v) is 6.26. The molecule has 0 heterocycles. The molecule has 2 aromatic rings. The zero-order valence-corrected chi connectivity index (χ0v) is 10.7. The lowest BCUT2D eigenvalue weighted by atomic mass is 10.1. The van der Waals surface area contributed by atoms with Crippen molar-refractivity contribution in [3.05, 3.63) is 65.7 Å². The molecule has 0 fully saturated rings. The van der Waals surface area contributed by atoms with Crippen molar-refractivity contribution in [2.45, 2.75) is 13.0 Å². The lowest BCUT2D eigenvalue weighted by molar-refractivity contribution is 0.409. The van der Waals surface area contributed by atoms with E-state index in [1.165, 1.54) is 11.1 Å². The molecule has 1 N–H and O–H groups in total. The third-order valence-electron chi connectivity index (χ3n) is 2.94. The van der Waals surface area contributed by atoms with E-state index in [-0.39, 0.29) is 0 Å². The topological polar surface area (TPSA) is 21.3 Å². The third kappa shape index (κ3) is 3.60. The number of benzene rings is 2. The summed E-state index contributed by atoms with van der Waals surface area (Å²) in [6.45, 7) is 1.87. The van der Waals surface area contributed by atoms with Crippen LogP contribution >= 0.6 is 0 Å². The van der Waals surface area contributed by atoms with E-state index in [9.17, 15) is 0 Å². The van der Waals surface area contributed by atoms with E-state index in [4.69, 9.17) is 4.74 Å². The fourth-order valence-corrected chi connectivity index (χ4v) is 1.96. The van der Waals surface area contributed by atoms with Crippen LogP contribution in [0.3, 0.4) is 0 Å². The summed E-state index contributed by atoms with van der Waals surface area (Å²) in [5.74, 6) is 0.971. The van der Waals surface area contributed by atoms with Crippen molar-refractivity contribution in [3.8, 4) is 5.75 Å². The zero-order chi connectivity index (χ0) is 12.6. The normalized spacial score (nSPS) is 10.3. The summed E-state index contributed by atoms with van der Waals surface area (Å²) in [5.41, 5.74) is 2.57. The molecule has 0 unspecified atom stereocenters. The van der Waals surface area contributed by atoms with Crippen LogP contribution in [0.5, 0.6) is 5.75 Å². The molecular formula is C16H19NO. The second kappa shape index (κ2) is 6.82. The number of nitrogens with one attached hydrogen (secondary N) is 1. The van der Waals surface area contributed by atoms with Crippen molar-refractivity contribution in [1.29, 1.82) is 0 Å². The fraction of sp³-hybridized carbons (Fsp3) is 0.250. The zero-order valence-electron chi connectivity index (χ0n) is 10.7. The molecule has 0 atom stereocenters. The summed E-state index contributed by atoms with van der Waals surface area (Å²) >= 11 is 0. The van der Waals surface area contributed by atoms with Crippen LogP contribution in [0.1, 0.15) is 11.1 Å². The second-order valence-electron chi connectivity index (χ2n) is 4.22. The minimum absolute atomic E-state index is 0.913. The van der Waals surface area contributed by atoms with Gasteiger partial charge in [0.25, 0.3) is 0 Å². The number of rotatable bonds is 6. The first-order chi connectivity index (χ1) is 8.90. The van der Waals surface area contributed by atoms with Gasteiger partial charge in [-0.25, -0.2) is 0 Å². The molecule has 0 spiro atoms. The molecule has 18 heavy (non-hydrogen) atoms. The quantitative estimate of drug-likeness (QED) is 0.785. The van der Waals surface area contributed by atoms with Crippen molar-refractivity contribution >= 4 is 0 Å². The van der Waals surface area contributed by atoms with E-state index in [1.807, 2.05) is 18.2 Å². The molecule has 0 aliphatic heterocycles. The van der Waals surface area contributed by atoms with Crippen molar-refractivity contribution in [2.24, 2.45) is 0 Å². The van der Waals surface area contributed by atoms with Crippen LogP contribution in [-0.2, 0) is 13.0 Å². The summed E-state index contributed by atoms with van der Waals surface area (Å²) in [7, 11) is 1.72. The highest BCUT2D eigenvalue weighted by molar-refractivity contribution is 5.33. The first-order valence-electron chi connectivity index (χ1n) is 6.26. The molecule has 2 rings (SSSR count). The molecule has 94 valence electrons. The van der Waals surface area contributed by atoms with Gasteiger partial charge in [-0.1, -0.05) is 48.5 Å². The molecule has 0 saturated heterocycles. The van der Waals surface area contributed by atoms with Gasteiger partial charge in [0.15, 0.2) is 0 Å². The summed E-state index contributed by atoms with van der Waals surface area (Å²) in [4.78, 5) is 0. The van der Waals surface area contributed by atoms with Gasteiger partial charge in [0.1, 0.15) is 5.75 Å². The van der Waals surface area contributed by atoms with Crippen LogP contribution in [-0.4, -0.2) is 13.7 Å². The number of methoxy groups -OCH3 is 1. The van der Waals surface area contributed by atoms with Gasteiger partial charge in [0.05, 0.1) is 7.11 Å². The summed E-state index contributed by atoms with van der Waals surface area (Å²) < 4.78 is 5.33. The van der Waals surface area contributed by atoms with Crippen LogP contribution in [0.2, 0.25) is 0 Å². The van der Waals surface area contributed by atoms with E-state index in [1.54, 1.807) is 7.11 Å². The van der Waals surface area contributed by atoms with E-state index < -0.39 is 0 Å². The summed E-state index contributed by atoms with van der Waals surface area (Å²) in [6, 6.07) is 18.6. The monoisotopic (exact) mass is 241 g/mol. The Bertz CT molecular complexity index is 468. The fourth-order valence-electron chi connectivity index (χ4n) is 1.96. The largest absolute Gasteiger partial charge is 0.496 e. The Morgan fingerprint density at radius 2 is 1.67 bits per heavy atom. The molecule has 0 aromatic heterocycles. The number of ether oxygens (including phenoxy) is 1. The lowest BCUT2D eigenvalue weighted by Gasteiger charge is -2.09. The van der Waals surface area contributed by atoms with E-state index in [0.29, 0.717) is 0 Å². The Morgan fingerprint density at radius 1 is 0.944 bits per heavy atom. The van der Waals surface area contributed by atoms with Crippen LogP contribution in [0.4, 0.5) is 0 Å². The molecule has 2 heteroatoms. The van der Waals surface area contributed by atoms with Crippen LogP contribution in [0.25, 0.3) is 0 Å². The molecule has 0 bridgehead atoms. The van der Waals surface area contributed by atoms with Gasteiger partial charge in [0, 0.05) is 6.54 Å². The second-order valence-corrected chi connectivity index (χ2v) is 4.22. The number of hydrogen-bond donors (Lipinski definition) is 1. The van der Waals surface area contributed by atoms with Crippen molar-refractivity contribution < 1.29 is 4.74 Å². The van der Waals surface area contributed by atoms with E-state index in [2.05, 4.69) is 41.7 Å². The molecule has 0 aliphatic rings. The maximum Gasteiger partial charge on any atom is 0.122 e. The Hall–Kier alpha value is -1.80. The molecule has 2 nitrogen and oxygen atoms in total. The van der Waals surface area contributed by atoms with Gasteiger partial charge >= 0.3 is 0 Å². The molecule has 0 aliphatic carbocycles. The minimum Gasteiger partial charge on any atom is -0.496 e. The average molecular weight is 241 g/mol.